The van der Waals surface area contributed by atoms with Crippen LogP contribution < -0.4 is 10.7 Å². The molecule has 0 aliphatic rings. The van der Waals surface area contributed by atoms with Crippen molar-refractivity contribution in [3.63, 3.8) is 0 Å². The fraction of sp³-hybridized carbons (Fsp3) is 0.400. The normalized spacial score (nSPS) is 11.9. The smallest absolute Gasteiger partial charge is 0.271 e. The molecule has 114 valence electrons. The summed E-state index contributed by atoms with van der Waals surface area (Å²) in [7, 11) is 0. The number of hydrogen-bond donors (Lipinski definition) is 3. The monoisotopic (exact) mass is 291 g/mol. The second-order valence-electron chi connectivity index (χ2n) is 5.81. The van der Waals surface area contributed by atoms with E-state index in [0.29, 0.717) is 11.3 Å². The van der Waals surface area contributed by atoms with E-state index >= 15 is 0 Å². The number of nitrogens with one attached hydrogen (secondary N) is 2. The minimum atomic E-state index is -0.443. The van der Waals surface area contributed by atoms with Gasteiger partial charge in [-0.1, -0.05) is 6.07 Å². The van der Waals surface area contributed by atoms with Gasteiger partial charge in [-0.05, 0) is 45.9 Å². The molecule has 1 aromatic rings. The molecule has 0 spiro atoms. The molecule has 0 unspecified atom stereocenters. The molecular weight excluding hydrogens is 270 g/mol. The van der Waals surface area contributed by atoms with Crippen molar-refractivity contribution in [2.24, 2.45) is 5.10 Å². The zero-order valence-electron chi connectivity index (χ0n) is 12.7. The van der Waals surface area contributed by atoms with Crippen molar-refractivity contribution >= 4 is 17.5 Å². The number of phenolic OH excluding ortho intramolecular Hbond substituents is 1. The van der Waals surface area contributed by atoms with Crippen LogP contribution in [0.2, 0.25) is 0 Å². The van der Waals surface area contributed by atoms with Crippen molar-refractivity contribution in [2.75, 3.05) is 0 Å². The first-order valence-electron chi connectivity index (χ1n) is 6.61. The number of hydrazone groups is 1. The van der Waals surface area contributed by atoms with E-state index in [1.165, 1.54) is 12.1 Å². The van der Waals surface area contributed by atoms with Gasteiger partial charge >= 0.3 is 0 Å². The van der Waals surface area contributed by atoms with Gasteiger partial charge < -0.3 is 10.4 Å². The highest BCUT2D eigenvalue weighted by Crippen LogP contribution is 2.10. The molecule has 6 heteroatoms. The topological polar surface area (TPSA) is 90.8 Å². The van der Waals surface area contributed by atoms with E-state index < -0.39 is 5.91 Å². The first-order valence-corrected chi connectivity index (χ1v) is 6.61. The number of carbonyl (C=O) groups excluding carboxylic acids is 2. The van der Waals surface area contributed by atoms with E-state index in [9.17, 15) is 14.7 Å². The molecule has 0 heterocycles. The molecule has 6 nitrogen and oxygen atoms in total. The lowest BCUT2D eigenvalue weighted by Gasteiger charge is -2.20. The van der Waals surface area contributed by atoms with Crippen LogP contribution in [0.5, 0.6) is 5.75 Å². The third-order valence-corrected chi connectivity index (χ3v) is 2.39. The summed E-state index contributed by atoms with van der Waals surface area (Å²) in [6, 6.07) is 5.94. The van der Waals surface area contributed by atoms with E-state index in [1.807, 2.05) is 20.8 Å². The number of carbonyl (C=O) groups is 2. The Morgan fingerprint density at radius 2 is 1.95 bits per heavy atom. The zero-order chi connectivity index (χ0) is 16.0. The number of phenols is 1. The highest BCUT2D eigenvalue weighted by Gasteiger charge is 2.14. The molecule has 0 saturated carbocycles. The lowest BCUT2D eigenvalue weighted by atomic mass is 10.1. The van der Waals surface area contributed by atoms with Crippen LogP contribution in [0.3, 0.4) is 0 Å². The van der Waals surface area contributed by atoms with E-state index in [4.69, 9.17) is 0 Å². The van der Waals surface area contributed by atoms with Gasteiger partial charge in [0.1, 0.15) is 5.75 Å². The van der Waals surface area contributed by atoms with Gasteiger partial charge in [-0.15, -0.1) is 0 Å². The van der Waals surface area contributed by atoms with Crippen LogP contribution in [0, 0.1) is 0 Å². The van der Waals surface area contributed by atoms with Gasteiger partial charge in [-0.2, -0.15) is 5.10 Å². The molecule has 1 aromatic carbocycles. The van der Waals surface area contributed by atoms with Gasteiger partial charge in [0, 0.05) is 16.8 Å². The zero-order valence-corrected chi connectivity index (χ0v) is 12.7. The molecule has 0 aromatic heterocycles. The van der Waals surface area contributed by atoms with Crippen LogP contribution in [-0.2, 0) is 4.79 Å². The minimum Gasteiger partial charge on any atom is -0.508 e. The summed E-state index contributed by atoms with van der Waals surface area (Å²) in [6.45, 7) is 7.33. The Morgan fingerprint density at radius 3 is 2.52 bits per heavy atom. The number of rotatable bonds is 4. The van der Waals surface area contributed by atoms with Crippen LogP contribution in [0.1, 0.15) is 44.5 Å². The van der Waals surface area contributed by atoms with Gasteiger partial charge in [-0.25, -0.2) is 5.43 Å². The molecule has 0 radical (unpaired) electrons. The SMILES string of the molecule is C/C(CC(=O)NC(C)(C)C)=N\NC(=O)c1cccc(O)c1. The van der Waals surface area contributed by atoms with Crippen molar-refractivity contribution in [1.82, 2.24) is 10.7 Å². The van der Waals surface area contributed by atoms with Crippen LogP contribution in [0.15, 0.2) is 29.4 Å². The maximum Gasteiger partial charge on any atom is 0.271 e. The Labute approximate surface area is 124 Å². The third-order valence-electron chi connectivity index (χ3n) is 2.39. The lowest BCUT2D eigenvalue weighted by molar-refractivity contribution is -0.121. The van der Waals surface area contributed by atoms with E-state index in [1.54, 1.807) is 19.1 Å². The standard InChI is InChI=1S/C15H21N3O3/c1-10(8-13(20)16-15(2,3)4)17-18-14(21)11-6-5-7-12(19)9-11/h5-7,9,19H,8H2,1-4H3,(H,16,20)(H,18,21)/b17-10+. The van der Waals surface area contributed by atoms with Crippen LogP contribution in [0.25, 0.3) is 0 Å². The largest absolute Gasteiger partial charge is 0.508 e. The Kier molecular flexibility index (Phi) is 5.46. The summed E-state index contributed by atoms with van der Waals surface area (Å²) in [5.74, 6) is -0.593. The quantitative estimate of drug-likeness (QED) is 0.583. The summed E-state index contributed by atoms with van der Waals surface area (Å²) in [5, 5.41) is 16.0. The molecule has 1 rings (SSSR count). The highest BCUT2D eigenvalue weighted by atomic mass is 16.3. The van der Waals surface area contributed by atoms with E-state index in [2.05, 4.69) is 15.8 Å². The van der Waals surface area contributed by atoms with Crippen molar-refractivity contribution in [3.8, 4) is 5.75 Å². The summed E-state index contributed by atoms with van der Waals surface area (Å²) in [4.78, 5) is 23.5. The minimum absolute atomic E-state index is 0.00732. The number of benzene rings is 1. The van der Waals surface area contributed by atoms with Crippen molar-refractivity contribution in [3.05, 3.63) is 29.8 Å². The number of hydrogen-bond acceptors (Lipinski definition) is 4. The van der Waals surface area contributed by atoms with Gasteiger partial charge in [0.2, 0.25) is 5.91 Å². The fourth-order valence-electron chi connectivity index (χ4n) is 1.59. The Balaban J connectivity index is 2.56. The van der Waals surface area contributed by atoms with Gasteiger partial charge in [0.05, 0.1) is 6.42 Å². The van der Waals surface area contributed by atoms with Crippen LogP contribution >= 0.6 is 0 Å². The fourth-order valence-corrected chi connectivity index (χ4v) is 1.59. The lowest BCUT2D eigenvalue weighted by Crippen LogP contribution is -2.41. The third kappa shape index (κ3) is 6.56. The second kappa shape index (κ2) is 6.88. The van der Waals surface area contributed by atoms with Gasteiger partial charge in [-0.3, -0.25) is 9.59 Å². The molecule has 2 amide bonds. The van der Waals surface area contributed by atoms with E-state index in [-0.39, 0.29) is 23.6 Å². The molecule has 0 aliphatic heterocycles. The molecule has 0 atom stereocenters. The summed E-state index contributed by atoms with van der Waals surface area (Å²) in [5.41, 5.74) is 2.84. The summed E-state index contributed by atoms with van der Waals surface area (Å²) in [6.07, 6.45) is 0.109. The molecule has 0 bridgehead atoms. The number of amides is 2. The highest BCUT2D eigenvalue weighted by molar-refractivity contribution is 6.01. The van der Waals surface area contributed by atoms with Crippen LogP contribution in [0.4, 0.5) is 0 Å². The molecule has 0 saturated heterocycles. The molecular formula is C15H21N3O3. The van der Waals surface area contributed by atoms with Crippen molar-refractivity contribution in [2.45, 2.75) is 39.7 Å². The maximum atomic E-state index is 11.8. The Morgan fingerprint density at radius 1 is 1.29 bits per heavy atom. The molecule has 3 N–H and O–H groups in total. The summed E-state index contributed by atoms with van der Waals surface area (Å²) >= 11 is 0. The average molecular weight is 291 g/mol. The predicted molar refractivity (Wildman–Crippen MR) is 81.2 cm³/mol. The van der Waals surface area contributed by atoms with Gasteiger partial charge in [0.15, 0.2) is 0 Å². The maximum absolute atomic E-state index is 11.8. The average Bonchev–Trinajstić information content (AvgIpc) is 2.33. The molecule has 0 fully saturated rings. The van der Waals surface area contributed by atoms with Gasteiger partial charge in [0.25, 0.3) is 5.91 Å². The first-order chi connectivity index (χ1) is 9.67. The number of aromatic hydroxyl groups is 1. The second-order valence-corrected chi connectivity index (χ2v) is 5.81. The van der Waals surface area contributed by atoms with E-state index in [0.717, 1.165) is 0 Å². The van der Waals surface area contributed by atoms with Crippen LogP contribution in [-0.4, -0.2) is 28.2 Å². The Bertz CT molecular complexity index is 560. The van der Waals surface area contributed by atoms with Crippen molar-refractivity contribution < 1.29 is 14.7 Å². The Hall–Kier alpha value is -2.37. The summed E-state index contributed by atoms with van der Waals surface area (Å²) < 4.78 is 0. The molecule has 0 aliphatic carbocycles. The van der Waals surface area contributed by atoms with Crippen molar-refractivity contribution in [1.29, 1.82) is 0 Å². The number of nitrogens with zero attached hydrogens (tertiary/aromatic N) is 1. The molecule has 21 heavy (non-hydrogen) atoms. The first kappa shape index (κ1) is 16.7. The predicted octanol–water partition coefficient (Wildman–Crippen LogP) is 1.80.